The second-order valence-electron chi connectivity index (χ2n) is 6.31. The Labute approximate surface area is 132 Å². The molecule has 1 saturated heterocycles. The van der Waals surface area contributed by atoms with Crippen molar-refractivity contribution in [2.45, 2.75) is 58.7 Å². The molecule has 1 fully saturated rings. The van der Waals surface area contributed by atoms with Crippen LogP contribution in [0.25, 0.3) is 0 Å². The molecule has 0 radical (unpaired) electrons. The molecule has 2 rings (SSSR count). The van der Waals surface area contributed by atoms with Crippen LogP contribution < -0.4 is 5.32 Å². The zero-order valence-corrected chi connectivity index (χ0v) is 14.6. The van der Waals surface area contributed by atoms with Gasteiger partial charge in [-0.25, -0.2) is 0 Å². The second kappa shape index (κ2) is 7.26. The molecule has 0 saturated carbocycles. The van der Waals surface area contributed by atoms with E-state index >= 15 is 0 Å². The van der Waals surface area contributed by atoms with Crippen molar-refractivity contribution < 1.29 is 0 Å². The Morgan fingerprint density at radius 2 is 2.15 bits per heavy atom. The topological polar surface area (TPSA) is 15.3 Å². The van der Waals surface area contributed by atoms with Gasteiger partial charge in [0, 0.05) is 36.1 Å². The van der Waals surface area contributed by atoms with Gasteiger partial charge in [0.25, 0.3) is 0 Å². The summed E-state index contributed by atoms with van der Waals surface area (Å²) >= 11 is 7.82. The lowest BCUT2D eigenvalue weighted by Crippen LogP contribution is -2.56. The summed E-state index contributed by atoms with van der Waals surface area (Å²) < 4.78 is 0.897. The molecule has 2 nitrogen and oxygen atoms in total. The van der Waals surface area contributed by atoms with Gasteiger partial charge in [0.2, 0.25) is 0 Å². The third-order valence-corrected chi connectivity index (χ3v) is 5.67. The van der Waals surface area contributed by atoms with Gasteiger partial charge in [-0.1, -0.05) is 32.4 Å². The molecule has 0 bridgehead atoms. The Morgan fingerprint density at radius 1 is 1.40 bits per heavy atom. The van der Waals surface area contributed by atoms with E-state index in [0.29, 0.717) is 18.1 Å². The van der Waals surface area contributed by atoms with E-state index in [0.717, 1.165) is 23.3 Å². The molecule has 0 spiro atoms. The van der Waals surface area contributed by atoms with Crippen LogP contribution in [-0.2, 0) is 0 Å². The van der Waals surface area contributed by atoms with Crippen LogP contribution in [0, 0.1) is 5.92 Å². The Hall–Kier alpha value is -0.0900. The van der Waals surface area contributed by atoms with Crippen molar-refractivity contribution in [1.82, 2.24) is 10.2 Å². The summed E-state index contributed by atoms with van der Waals surface area (Å²) in [5.41, 5.74) is 0. The van der Waals surface area contributed by atoms with Crippen molar-refractivity contribution in [3.05, 3.63) is 21.3 Å². The van der Waals surface area contributed by atoms with E-state index in [1.54, 1.807) is 11.3 Å². The maximum absolute atomic E-state index is 6.10. The van der Waals surface area contributed by atoms with Gasteiger partial charge in [0.15, 0.2) is 0 Å². The Morgan fingerprint density at radius 3 is 2.70 bits per heavy atom. The first-order valence-corrected chi connectivity index (χ1v) is 8.95. The van der Waals surface area contributed by atoms with Crippen molar-refractivity contribution in [3.63, 3.8) is 0 Å². The van der Waals surface area contributed by atoms with E-state index in [1.807, 2.05) is 6.07 Å². The lowest BCUT2D eigenvalue weighted by atomic mass is 9.97. The molecule has 0 aromatic carbocycles. The highest BCUT2D eigenvalue weighted by atomic mass is 35.5. The fourth-order valence-corrected chi connectivity index (χ4v) is 4.32. The van der Waals surface area contributed by atoms with Crippen molar-refractivity contribution in [2.24, 2.45) is 5.92 Å². The molecule has 0 amide bonds. The Bertz CT molecular complexity index is 418. The van der Waals surface area contributed by atoms with Crippen molar-refractivity contribution in [1.29, 1.82) is 0 Å². The third kappa shape index (κ3) is 3.97. The first kappa shape index (κ1) is 16.3. The van der Waals surface area contributed by atoms with Gasteiger partial charge in [0.05, 0.1) is 4.34 Å². The predicted molar refractivity (Wildman–Crippen MR) is 89.8 cm³/mol. The van der Waals surface area contributed by atoms with Gasteiger partial charge in [-0.3, -0.25) is 4.90 Å². The molecular weight excluding hydrogens is 288 g/mol. The zero-order valence-electron chi connectivity index (χ0n) is 13.0. The summed E-state index contributed by atoms with van der Waals surface area (Å²) in [4.78, 5) is 4.06. The number of nitrogens with one attached hydrogen (secondary N) is 1. The van der Waals surface area contributed by atoms with Crippen LogP contribution >= 0.6 is 22.9 Å². The number of hydrogen-bond donors (Lipinski definition) is 1. The molecule has 3 unspecified atom stereocenters. The highest BCUT2D eigenvalue weighted by Crippen LogP contribution is 2.33. The van der Waals surface area contributed by atoms with Crippen LogP contribution in [0.1, 0.15) is 51.5 Å². The first-order valence-electron chi connectivity index (χ1n) is 7.75. The number of hydrogen-bond acceptors (Lipinski definition) is 3. The maximum atomic E-state index is 6.10. The van der Waals surface area contributed by atoms with Crippen LogP contribution in [0.4, 0.5) is 0 Å². The minimum absolute atomic E-state index is 0.467. The molecule has 1 aromatic heterocycles. The fraction of sp³-hybridized carbons (Fsp3) is 0.750. The van der Waals surface area contributed by atoms with E-state index in [4.69, 9.17) is 11.6 Å². The number of thiophene rings is 1. The molecule has 1 aliphatic rings. The fourth-order valence-electron chi connectivity index (χ4n) is 3.18. The highest BCUT2D eigenvalue weighted by molar-refractivity contribution is 7.16. The highest BCUT2D eigenvalue weighted by Gasteiger charge is 2.31. The van der Waals surface area contributed by atoms with Crippen molar-refractivity contribution in [2.75, 3.05) is 13.1 Å². The number of nitrogens with zero attached hydrogens (tertiary/aromatic N) is 1. The van der Waals surface area contributed by atoms with Crippen LogP contribution in [0.5, 0.6) is 0 Å². The summed E-state index contributed by atoms with van der Waals surface area (Å²) in [6, 6.07) is 5.93. The first-order chi connectivity index (χ1) is 9.51. The van der Waals surface area contributed by atoms with Crippen LogP contribution in [0.2, 0.25) is 4.34 Å². The molecule has 1 aromatic rings. The molecule has 3 atom stereocenters. The summed E-state index contributed by atoms with van der Waals surface area (Å²) in [5, 5.41) is 3.73. The number of rotatable bonds is 5. The largest absolute Gasteiger partial charge is 0.311 e. The predicted octanol–water partition coefficient (Wildman–Crippen LogP) is 4.56. The average molecular weight is 315 g/mol. The van der Waals surface area contributed by atoms with Crippen LogP contribution in [-0.4, -0.2) is 30.1 Å². The van der Waals surface area contributed by atoms with E-state index in [-0.39, 0.29) is 0 Å². The maximum Gasteiger partial charge on any atom is 0.0931 e. The third-order valence-electron chi connectivity index (χ3n) is 4.27. The van der Waals surface area contributed by atoms with Crippen LogP contribution in [0.15, 0.2) is 12.1 Å². The van der Waals surface area contributed by atoms with Crippen molar-refractivity contribution in [3.8, 4) is 0 Å². The normalized spacial score (nSPS) is 26.1. The van der Waals surface area contributed by atoms with E-state index in [1.165, 1.54) is 17.7 Å². The van der Waals surface area contributed by atoms with E-state index in [9.17, 15) is 0 Å². The number of piperazine rings is 1. The van der Waals surface area contributed by atoms with E-state index in [2.05, 4.69) is 44.0 Å². The van der Waals surface area contributed by atoms with Gasteiger partial charge in [-0.05, 0) is 37.8 Å². The van der Waals surface area contributed by atoms with Gasteiger partial charge in [-0.2, -0.15) is 0 Å². The minimum Gasteiger partial charge on any atom is -0.311 e. The van der Waals surface area contributed by atoms with Crippen molar-refractivity contribution >= 4 is 22.9 Å². The summed E-state index contributed by atoms with van der Waals surface area (Å²) in [6.07, 6.45) is 2.45. The molecular formula is C16H27ClN2S. The summed E-state index contributed by atoms with van der Waals surface area (Å²) in [5.74, 6) is 0.749. The SMILES string of the molecule is CCC1CNC(CC(C)C)CN1C(C)c1ccc(Cl)s1. The minimum atomic E-state index is 0.467. The van der Waals surface area contributed by atoms with Gasteiger partial charge in [0.1, 0.15) is 0 Å². The lowest BCUT2D eigenvalue weighted by molar-refractivity contribution is 0.0817. The second-order valence-corrected chi connectivity index (χ2v) is 8.06. The molecule has 4 heteroatoms. The van der Waals surface area contributed by atoms with E-state index < -0.39 is 0 Å². The lowest BCUT2D eigenvalue weighted by Gasteiger charge is -2.43. The summed E-state index contributed by atoms with van der Waals surface area (Å²) in [6.45, 7) is 11.5. The van der Waals surface area contributed by atoms with Gasteiger partial charge < -0.3 is 5.32 Å². The smallest absolute Gasteiger partial charge is 0.0931 e. The number of halogens is 1. The molecule has 0 aliphatic carbocycles. The molecule has 1 N–H and O–H groups in total. The summed E-state index contributed by atoms with van der Waals surface area (Å²) in [7, 11) is 0. The quantitative estimate of drug-likeness (QED) is 0.857. The van der Waals surface area contributed by atoms with Gasteiger partial charge in [-0.15, -0.1) is 11.3 Å². The molecule has 114 valence electrons. The average Bonchev–Trinajstić information content (AvgIpc) is 2.84. The Kier molecular flexibility index (Phi) is 5.91. The Balaban J connectivity index is 2.08. The van der Waals surface area contributed by atoms with Gasteiger partial charge >= 0.3 is 0 Å². The molecule has 1 aliphatic heterocycles. The molecule has 20 heavy (non-hydrogen) atoms. The van der Waals surface area contributed by atoms with Crippen LogP contribution in [0.3, 0.4) is 0 Å². The molecule has 2 heterocycles. The monoisotopic (exact) mass is 314 g/mol. The zero-order chi connectivity index (χ0) is 14.7. The standard InChI is InChI=1S/C16H27ClN2S/c1-5-14-9-18-13(8-11(2)3)10-19(14)12(4)15-6-7-16(17)20-15/h6-7,11-14,18H,5,8-10H2,1-4H3.